The maximum atomic E-state index is 12.3. The van der Waals surface area contributed by atoms with Crippen molar-refractivity contribution in [3.05, 3.63) is 42.4 Å². The molecule has 0 saturated heterocycles. The van der Waals surface area contributed by atoms with Gasteiger partial charge in [0.1, 0.15) is 5.82 Å². The van der Waals surface area contributed by atoms with Crippen LogP contribution in [0.4, 0.5) is 11.8 Å². The van der Waals surface area contributed by atoms with E-state index in [9.17, 15) is 4.79 Å². The number of carbonyl (C=O) groups is 1. The highest BCUT2D eigenvalue weighted by Gasteiger charge is 2.25. The van der Waals surface area contributed by atoms with Crippen molar-refractivity contribution < 1.29 is 4.79 Å². The number of nitrogens with one attached hydrogen (secondary N) is 1. The number of hydrogen-bond acceptors (Lipinski definition) is 5. The number of amides is 1. The van der Waals surface area contributed by atoms with Crippen LogP contribution in [0.25, 0.3) is 11.0 Å². The summed E-state index contributed by atoms with van der Waals surface area (Å²) in [5, 5.41) is 3.26. The molecule has 0 fully saturated rings. The molecule has 2 aromatic heterocycles. The van der Waals surface area contributed by atoms with Gasteiger partial charge in [-0.15, -0.1) is 0 Å². The summed E-state index contributed by atoms with van der Waals surface area (Å²) in [6, 6.07) is 8.07. The molecule has 148 valence electrons. The van der Waals surface area contributed by atoms with Crippen molar-refractivity contribution in [3.63, 3.8) is 0 Å². The first-order valence-electron chi connectivity index (χ1n) is 9.67. The molecule has 0 aliphatic heterocycles. The summed E-state index contributed by atoms with van der Waals surface area (Å²) < 4.78 is 1.99. The van der Waals surface area contributed by atoms with E-state index >= 15 is 0 Å². The number of carbonyl (C=O) groups excluding carboxylic acids is 1. The Bertz CT molecular complexity index is 964. The summed E-state index contributed by atoms with van der Waals surface area (Å²) in [5.41, 5.74) is 3.15. The molecular formula is C21H28N6O. The standard InChI is InChI=1S/C21H28N6O/c1-6-18(14(2)3)27(15(4)28)20-9-10-22-21(25-20)23-12-16-7-8-19-17(11-16)24-13-26(19)5/h7-11,13-14,18H,6,12H2,1-5H3,(H,22,23,25). The smallest absolute Gasteiger partial charge is 0.225 e. The van der Waals surface area contributed by atoms with Crippen LogP contribution in [-0.2, 0) is 18.4 Å². The molecular weight excluding hydrogens is 352 g/mol. The summed E-state index contributed by atoms with van der Waals surface area (Å²) >= 11 is 0. The molecule has 0 aliphatic carbocycles. The number of rotatable bonds is 7. The van der Waals surface area contributed by atoms with Gasteiger partial charge < -0.3 is 9.88 Å². The molecule has 1 N–H and O–H groups in total. The van der Waals surface area contributed by atoms with E-state index in [2.05, 4.69) is 59.2 Å². The molecule has 1 atom stereocenters. The molecule has 3 aromatic rings. The van der Waals surface area contributed by atoms with E-state index in [0.29, 0.717) is 24.2 Å². The lowest BCUT2D eigenvalue weighted by Gasteiger charge is -2.32. The monoisotopic (exact) mass is 380 g/mol. The van der Waals surface area contributed by atoms with Crippen LogP contribution in [0.1, 0.15) is 39.7 Å². The number of anilines is 2. The fourth-order valence-electron chi connectivity index (χ4n) is 3.56. The lowest BCUT2D eigenvalue weighted by molar-refractivity contribution is -0.117. The van der Waals surface area contributed by atoms with Crippen molar-refractivity contribution in [2.24, 2.45) is 13.0 Å². The van der Waals surface area contributed by atoms with Crippen LogP contribution in [0.2, 0.25) is 0 Å². The van der Waals surface area contributed by atoms with E-state index in [0.717, 1.165) is 23.0 Å². The lowest BCUT2D eigenvalue weighted by Crippen LogP contribution is -2.42. The van der Waals surface area contributed by atoms with E-state index in [1.54, 1.807) is 24.1 Å². The SMILES string of the molecule is CCC(C(C)C)N(C(C)=O)c1ccnc(NCc2ccc3c(c2)ncn3C)n1. The average Bonchev–Trinajstić information content (AvgIpc) is 3.04. The Morgan fingerprint density at radius 2 is 2.04 bits per heavy atom. The molecule has 7 nitrogen and oxygen atoms in total. The van der Waals surface area contributed by atoms with Gasteiger partial charge in [0.2, 0.25) is 11.9 Å². The zero-order valence-corrected chi connectivity index (χ0v) is 17.2. The Morgan fingerprint density at radius 1 is 1.25 bits per heavy atom. The van der Waals surface area contributed by atoms with Crippen LogP contribution < -0.4 is 10.2 Å². The molecule has 1 aromatic carbocycles. The molecule has 3 rings (SSSR count). The van der Waals surface area contributed by atoms with Crippen LogP contribution in [0.15, 0.2) is 36.8 Å². The molecule has 0 saturated carbocycles. The Morgan fingerprint density at radius 3 is 2.71 bits per heavy atom. The van der Waals surface area contributed by atoms with Gasteiger partial charge >= 0.3 is 0 Å². The zero-order chi connectivity index (χ0) is 20.3. The Balaban J connectivity index is 1.78. The van der Waals surface area contributed by atoms with Crippen molar-refractivity contribution in [1.82, 2.24) is 19.5 Å². The summed E-state index contributed by atoms with van der Waals surface area (Å²) in [5.74, 6) is 1.46. The molecule has 28 heavy (non-hydrogen) atoms. The quantitative estimate of drug-likeness (QED) is 0.675. The van der Waals surface area contributed by atoms with Gasteiger partial charge in [0.05, 0.1) is 17.4 Å². The molecule has 1 amide bonds. The van der Waals surface area contributed by atoms with Gasteiger partial charge in [-0.2, -0.15) is 4.98 Å². The highest BCUT2D eigenvalue weighted by atomic mass is 16.2. The van der Waals surface area contributed by atoms with Gasteiger partial charge in [-0.25, -0.2) is 9.97 Å². The van der Waals surface area contributed by atoms with Crippen molar-refractivity contribution in [2.75, 3.05) is 10.2 Å². The molecule has 0 spiro atoms. The number of imidazole rings is 1. The zero-order valence-electron chi connectivity index (χ0n) is 17.2. The Hall–Kier alpha value is -2.96. The second-order valence-electron chi connectivity index (χ2n) is 7.38. The van der Waals surface area contributed by atoms with E-state index in [1.165, 1.54) is 0 Å². The van der Waals surface area contributed by atoms with E-state index in [4.69, 9.17) is 0 Å². The number of nitrogens with zero attached hydrogens (tertiary/aromatic N) is 5. The number of hydrogen-bond donors (Lipinski definition) is 1. The van der Waals surface area contributed by atoms with Crippen LogP contribution in [0.3, 0.4) is 0 Å². The third-order valence-corrected chi connectivity index (χ3v) is 4.99. The second-order valence-corrected chi connectivity index (χ2v) is 7.38. The predicted molar refractivity (Wildman–Crippen MR) is 112 cm³/mol. The Labute approximate surface area is 165 Å². The molecule has 0 radical (unpaired) electrons. The van der Waals surface area contributed by atoms with E-state index in [1.807, 2.05) is 17.9 Å². The van der Waals surface area contributed by atoms with E-state index in [-0.39, 0.29) is 11.9 Å². The maximum Gasteiger partial charge on any atom is 0.225 e. The fourth-order valence-corrected chi connectivity index (χ4v) is 3.56. The third-order valence-electron chi connectivity index (χ3n) is 4.99. The summed E-state index contributed by atoms with van der Waals surface area (Å²) in [4.78, 5) is 27.4. The maximum absolute atomic E-state index is 12.3. The van der Waals surface area contributed by atoms with E-state index < -0.39 is 0 Å². The van der Waals surface area contributed by atoms with Gasteiger partial charge in [0.15, 0.2) is 0 Å². The minimum absolute atomic E-state index is 0.00852. The van der Waals surface area contributed by atoms with Crippen LogP contribution in [0.5, 0.6) is 0 Å². The normalized spacial score (nSPS) is 12.4. The Kier molecular flexibility index (Phi) is 5.92. The average molecular weight is 380 g/mol. The molecule has 1 unspecified atom stereocenters. The van der Waals surface area contributed by atoms with Gasteiger partial charge in [0.25, 0.3) is 0 Å². The lowest BCUT2D eigenvalue weighted by atomic mass is 10.00. The van der Waals surface area contributed by atoms with Crippen molar-refractivity contribution in [1.29, 1.82) is 0 Å². The first-order chi connectivity index (χ1) is 13.4. The van der Waals surface area contributed by atoms with Crippen molar-refractivity contribution >= 4 is 28.7 Å². The molecule has 2 heterocycles. The summed E-state index contributed by atoms with van der Waals surface area (Å²) in [6.07, 6.45) is 4.37. The molecule has 0 aliphatic rings. The second kappa shape index (κ2) is 8.37. The van der Waals surface area contributed by atoms with Crippen LogP contribution in [-0.4, -0.2) is 31.5 Å². The fraction of sp³-hybridized carbons (Fsp3) is 0.429. The number of aryl methyl sites for hydroxylation is 1. The largest absolute Gasteiger partial charge is 0.350 e. The summed E-state index contributed by atoms with van der Waals surface area (Å²) in [7, 11) is 1.98. The summed E-state index contributed by atoms with van der Waals surface area (Å²) in [6.45, 7) is 8.50. The number of benzene rings is 1. The minimum Gasteiger partial charge on any atom is -0.350 e. The highest BCUT2D eigenvalue weighted by Crippen LogP contribution is 2.22. The number of fused-ring (bicyclic) bond motifs is 1. The third kappa shape index (κ3) is 4.13. The molecule has 0 bridgehead atoms. The first kappa shape index (κ1) is 19.8. The highest BCUT2D eigenvalue weighted by molar-refractivity contribution is 5.91. The molecule has 7 heteroatoms. The van der Waals surface area contributed by atoms with Crippen LogP contribution in [0, 0.1) is 5.92 Å². The van der Waals surface area contributed by atoms with Crippen molar-refractivity contribution in [3.8, 4) is 0 Å². The van der Waals surface area contributed by atoms with Gasteiger partial charge in [-0.05, 0) is 36.1 Å². The minimum atomic E-state index is -0.00852. The van der Waals surface area contributed by atoms with Crippen molar-refractivity contribution in [2.45, 2.75) is 46.7 Å². The topological polar surface area (TPSA) is 75.9 Å². The van der Waals surface area contributed by atoms with Gasteiger partial charge in [-0.3, -0.25) is 9.69 Å². The van der Waals surface area contributed by atoms with Gasteiger partial charge in [-0.1, -0.05) is 26.8 Å². The number of aromatic nitrogens is 4. The van der Waals surface area contributed by atoms with Crippen LogP contribution >= 0.6 is 0 Å². The first-order valence-corrected chi connectivity index (χ1v) is 9.67. The predicted octanol–water partition coefficient (Wildman–Crippen LogP) is 3.76. The van der Waals surface area contributed by atoms with Gasteiger partial charge in [0, 0.05) is 32.8 Å².